The average molecular weight is 508 g/mol. The van der Waals surface area contributed by atoms with E-state index in [1.54, 1.807) is 0 Å². The standard InChI is InChI=1S/C24H31N3O2.C2HF3O2/c1-4-22-24(16-18(2)27(22)3,19-9-6-5-7-10-19)20-11-8-12-21(15-20)29-17-23(28)26-14-13-25;3-2(4,5)1(6)7/h4-12,15,18H,13-14,16-17,25H2,1-3H3,(H,26,28);(H,6,7). The average Bonchev–Trinajstić information content (AvgIpc) is 3.12. The molecule has 0 aliphatic carbocycles. The minimum atomic E-state index is -5.08. The van der Waals surface area contributed by atoms with Gasteiger partial charge in [0.05, 0.1) is 5.41 Å². The molecule has 1 fully saturated rings. The Morgan fingerprint density at radius 2 is 1.81 bits per heavy atom. The van der Waals surface area contributed by atoms with Gasteiger partial charge in [0, 0.05) is 31.9 Å². The Morgan fingerprint density at radius 1 is 1.19 bits per heavy atom. The van der Waals surface area contributed by atoms with Crippen LogP contribution in [0.4, 0.5) is 13.2 Å². The molecule has 1 amide bonds. The molecule has 1 heterocycles. The van der Waals surface area contributed by atoms with E-state index in [0.717, 1.165) is 6.42 Å². The van der Waals surface area contributed by atoms with Crippen LogP contribution >= 0.6 is 0 Å². The number of nitrogens with two attached hydrogens (primary N) is 1. The summed E-state index contributed by atoms with van der Waals surface area (Å²) in [4.78, 5) is 23.1. The number of nitrogens with zero attached hydrogens (tertiary/aromatic N) is 1. The van der Waals surface area contributed by atoms with Crippen molar-refractivity contribution < 1.29 is 32.6 Å². The second kappa shape index (κ2) is 12.4. The smallest absolute Gasteiger partial charge is 0.484 e. The van der Waals surface area contributed by atoms with E-state index in [2.05, 4.69) is 73.6 Å². The van der Waals surface area contributed by atoms with Gasteiger partial charge in [-0.2, -0.15) is 13.2 Å². The van der Waals surface area contributed by atoms with E-state index < -0.39 is 12.1 Å². The largest absolute Gasteiger partial charge is 0.490 e. The van der Waals surface area contributed by atoms with Crippen LogP contribution in [0.1, 0.15) is 31.4 Å². The van der Waals surface area contributed by atoms with Gasteiger partial charge in [-0.25, -0.2) is 4.79 Å². The van der Waals surface area contributed by atoms with Gasteiger partial charge in [-0.3, -0.25) is 4.79 Å². The molecule has 196 valence electrons. The van der Waals surface area contributed by atoms with Crippen LogP contribution in [0.25, 0.3) is 0 Å². The predicted octanol–water partition coefficient (Wildman–Crippen LogP) is 3.69. The molecule has 3 rings (SSSR count). The first-order chi connectivity index (χ1) is 17.0. The van der Waals surface area contributed by atoms with Crippen molar-refractivity contribution in [3.05, 3.63) is 77.5 Å². The Labute approximate surface area is 208 Å². The minimum Gasteiger partial charge on any atom is -0.484 e. The summed E-state index contributed by atoms with van der Waals surface area (Å²) in [6.07, 6.45) is -1.89. The Morgan fingerprint density at radius 3 is 2.36 bits per heavy atom. The second-order valence-corrected chi connectivity index (χ2v) is 8.37. The number of aliphatic carboxylic acids is 1. The lowest BCUT2D eigenvalue weighted by Crippen LogP contribution is -2.33. The summed E-state index contributed by atoms with van der Waals surface area (Å²) >= 11 is 0. The first-order valence-corrected chi connectivity index (χ1v) is 11.4. The van der Waals surface area contributed by atoms with Crippen LogP contribution in [-0.2, 0) is 15.0 Å². The molecule has 0 aromatic heterocycles. The van der Waals surface area contributed by atoms with Crippen molar-refractivity contribution in [3.63, 3.8) is 0 Å². The van der Waals surface area contributed by atoms with Crippen LogP contribution < -0.4 is 15.8 Å². The quantitative estimate of drug-likeness (QED) is 0.528. The van der Waals surface area contributed by atoms with Gasteiger partial charge in [-0.05, 0) is 43.5 Å². The summed E-state index contributed by atoms with van der Waals surface area (Å²) < 4.78 is 37.5. The van der Waals surface area contributed by atoms with Crippen LogP contribution in [0.3, 0.4) is 0 Å². The molecule has 4 N–H and O–H groups in total. The predicted molar refractivity (Wildman–Crippen MR) is 131 cm³/mol. The molecule has 1 saturated heterocycles. The molecular weight excluding hydrogens is 475 g/mol. The fourth-order valence-electron chi connectivity index (χ4n) is 4.36. The third kappa shape index (κ3) is 6.78. The van der Waals surface area contributed by atoms with Crippen molar-refractivity contribution in [2.24, 2.45) is 5.73 Å². The van der Waals surface area contributed by atoms with Gasteiger partial charge in [-0.15, -0.1) is 0 Å². The monoisotopic (exact) mass is 507 g/mol. The lowest BCUT2D eigenvalue weighted by Gasteiger charge is -2.33. The van der Waals surface area contributed by atoms with Gasteiger partial charge < -0.3 is 25.8 Å². The van der Waals surface area contributed by atoms with E-state index in [1.165, 1.54) is 16.8 Å². The first-order valence-electron chi connectivity index (χ1n) is 11.4. The Kier molecular flexibility index (Phi) is 9.92. The van der Waals surface area contributed by atoms with E-state index in [9.17, 15) is 18.0 Å². The SMILES string of the molecule is CC=C1N(C)C(C)CC1(c1ccccc1)c1cccc(OCC(=O)NCCN)c1.O=C(O)C(F)(F)F. The lowest BCUT2D eigenvalue weighted by molar-refractivity contribution is -0.192. The first kappa shape index (κ1) is 28.7. The Hall–Kier alpha value is -3.53. The molecule has 0 saturated carbocycles. The second-order valence-electron chi connectivity index (χ2n) is 8.37. The van der Waals surface area contributed by atoms with Crippen molar-refractivity contribution in [2.75, 3.05) is 26.7 Å². The van der Waals surface area contributed by atoms with Gasteiger partial charge in [0.15, 0.2) is 6.61 Å². The van der Waals surface area contributed by atoms with Crippen LogP contribution in [0.5, 0.6) is 5.75 Å². The topological polar surface area (TPSA) is 105 Å². The van der Waals surface area contributed by atoms with E-state index >= 15 is 0 Å². The number of rotatable bonds is 7. The summed E-state index contributed by atoms with van der Waals surface area (Å²) in [7, 11) is 2.16. The summed E-state index contributed by atoms with van der Waals surface area (Å²) in [5.41, 5.74) is 8.91. The van der Waals surface area contributed by atoms with Crippen molar-refractivity contribution in [1.82, 2.24) is 10.2 Å². The molecule has 2 aromatic carbocycles. The molecule has 36 heavy (non-hydrogen) atoms. The highest BCUT2D eigenvalue weighted by Gasteiger charge is 2.47. The summed E-state index contributed by atoms with van der Waals surface area (Å²) in [6, 6.07) is 19.2. The van der Waals surface area contributed by atoms with Crippen LogP contribution in [0.15, 0.2) is 66.4 Å². The third-order valence-corrected chi connectivity index (χ3v) is 6.03. The zero-order chi connectivity index (χ0) is 26.9. The Bertz CT molecular complexity index is 1060. The van der Waals surface area contributed by atoms with Crippen molar-refractivity contribution >= 4 is 11.9 Å². The number of nitrogens with one attached hydrogen (secondary N) is 1. The van der Waals surface area contributed by atoms with Crippen LogP contribution in [0.2, 0.25) is 0 Å². The molecule has 7 nitrogen and oxygen atoms in total. The van der Waals surface area contributed by atoms with Crippen molar-refractivity contribution in [1.29, 1.82) is 0 Å². The molecule has 0 spiro atoms. The molecule has 1 aliphatic rings. The highest BCUT2D eigenvalue weighted by Crippen LogP contribution is 2.50. The van der Waals surface area contributed by atoms with Gasteiger partial charge in [0.2, 0.25) is 0 Å². The number of carboxylic acids is 1. The Balaban J connectivity index is 0.000000572. The van der Waals surface area contributed by atoms with Crippen LogP contribution in [-0.4, -0.2) is 60.8 Å². The third-order valence-electron chi connectivity index (χ3n) is 6.03. The zero-order valence-corrected chi connectivity index (χ0v) is 20.5. The van der Waals surface area contributed by atoms with E-state index in [1.807, 2.05) is 18.2 Å². The number of hydrogen-bond acceptors (Lipinski definition) is 5. The summed E-state index contributed by atoms with van der Waals surface area (Å²) in [5, 5.41) is 9.85. The highest BCUT2D eigenvalue weighted by atomic mass is 19.4. The maximum absolute atomic E-state index is 11.9. The molecule has 2 aromatic rings. The number of ether oxygens (including phenoxy) is 1. The van der Waals surface area contributed by atoms with E-state index in [-0.39, 0.29) is 17.9 Å². The number of allylic oxidation sites excluding steroid dienone is 2. The molecule has 1 aliphatic heterocycles. The molecule has 10 heteroatoms. The number of alkyl halides is 3. The number of likely N-dealkylation sites (tertiary alicyclic amines) is 1. The molecule has 0 radical (unpaired) electrons. The summed E-state index contributed by atoms with van der Waals surface area (Å²) in [6.45, 7) is 5.21. The number of carbonyl (C=O) groups excluding carboxylic acids is 1. The maximum atomic E-state index is 11.9. The number of carboxylic acid groups (broad SMARTS) is 1. The summed E-state index contributed by atoms with van der Waals surface area (Å²) in [5.74, 6) is -2.23. The fraction of sp³-hybridized carbons (Fsp3) is 0.385. The van der Waals surface area contributed by atoms with Gasteiger partial charge >= 0.3 is 12.1 Å². The number of likely N-dealkylation sites (N-methyl/N-ethyl adjacent to an activating group) is 1. The van der Waals surface area contributed by atoms with Crippen molar-refractivity contribution in [3.8, 4) is 5.75 Å². The zero-order valence-electron chi connectivity index (χ0n) is 20.5. The number of benzene rings is 2. The maximum Gasteiger partial charge on any atom is 0.490 e. The molecule has 2 atom stereocenters. The number of amides is 1. The molecular formula is C26H32F3N3O4. The van der Waals surface area contributed by atoms with Gasteiger partial charge in [0.1, 0.15) is 5.75 Å². The van der Waals surface area contributed by atoms with Gasteiger partial charge in [0.25, 0.3) is 5.91 Å². The van der Waals surface area contributed by atoms with Crippen molar-refractivity contribution in [2.45, 2.75) is 37.9 Å². The minimum absolute atomic E-state index is 0.0193. The lowest BCUT2D eigenvalue weighted by atomic mass is 9.70. The molecule has 0 bridgehead atoms. The number of carbonyl (C=O) groups is 2. The van der Waals surface area contributed by atoms with Gasteiger partial charge in [-0.1, -0.05) is 48.5 Å². The normalized spacial score (nSPS) is 20.5. The molecule has 2 unspecified atom stereocenters. The fourth-order valence-corrected chi connectivity index (χ4v) is 4.36. The number of halogens is 3. The number of hydrogen-bond donors (Lipinski definition) is 3. The highest BCUT2D eigenvalue weighted by molar-refractivity contribution is 5.77. The van der Waals surface area contributed by atoms with Crippen LogP contribution in [0, 0.1) is 0 Å². The van der Waals surface area contributed by atoms with E-state index in [4.69, 9.17) is 20.4 Å². The van der Waals surface area contributed by atoms with E-state index in [0.29, 0.717) is 24.9 Å².